The standard InChI is InChI=1S/C13H21N3O3/c1-8-5-16(6-9(2)18-8)7-11-4-12(10(3)19-11)13(17)15-14/h4,8-9H,5-7,14H2,1-3H3,(H,15,17). The topological polar surface area (TPSA) is 80.7 Å². The minimum absolute atomic E-state index is 0.214. The van der Waals surface area contributed by atoms with Crippen LogP contribution in [-0.4, -0.2) is 36.1 Å². The first-order chi connectivity index (χ1) is 8.99. The molecule has 1 aromatic heterocycles. The van der Waals surface area contributed by atoms with Crippen molar-refractivity contribution in [3.8, 4) is 0 Å². The molecule has 0 aromatic carbocycles. The van der Waals surface area contributed by atoms with Crippen molar-refractivity contribution in [3.63, 3.8) is 0 Å². The molecule has 2 heterocycles. The number of hydrogen-bond acceptors (Lipinski definition) is 5. The van der Waals surface area contributed by atoms with Crippen LogP contribution in [0.3, 0.4) is 0 Å². The number of nitrogens with zero attached hydrogens (tertiary/aromatic N) is 1. The second-order valence-electron chi connectivity index (χ2n) is 5.11. The summed E-state index contributed by atoms with van der Waals surface area (Å²) < 4.78 is 11.3. The number of carbonyl (C=O) groups excluding carboxylic acids is 1. The molecule has 19 heavy (non-hydrogen) atoms. The fourth-order valence-corrected chi connectivity index (χ4v) is 2.56. The van der Waals surface area contributed by atoms with Crippen molar-refractivity contribution < 1.29 is 13.9 Å². The first kappa shape index (κ1) is 14.0. The Labute approximate surface area is 112 Å². The molecule has 6 heteroatoms. The van der Waals surface area contributed by atoms with E-state index in [0.29, 0.717) is 17.9 Å². The van der Waals surface area contributed by atoms with Crippen LogP contribution in [0.15, 0.2) is 10.5 Å². The molecule has 6 nitrogen and oxygen atoms in total. The first-order valence-corrected chi connectivity index (χ1v) is 6.47. The van der Waals surface area contributed by atoms with Crippen molar-refractivity contribution in [3.05, 3.63) is 23.2 Å². The van der Waals surface area contributed by atoms with Crippen LogP contribution in [0.2, 0.25) is 0 Å². The molecule has 2 unspecified atom stereocenters. The highest BCUT2D eigenvalue weighted by Crippen LogP contribution is 2.19. The maximum atomic E-state index is 11.5. The van der Waals surface area contributed by atoms with Crippen LogP contribution < -0.4 is 11.3 Å². The molecule has 1 amide bonds. The fourth-order valence-electron chi connectivity index (χ4n) is 2.56. The molecule has 1 saturated heterocycles. The molecule has 1 aliphatic rings. The van der Waals surface area contributed by atoms with Crippen LogP contribution in [0.4, 0.5) is 0 Å². The predicted octanol–water partition coefficient (Wildman–Crippen LogP) is 0.801. The molecule has 0 aliphatic carbocycles. The van der Waals surface area contributed by atoms with E-state index in [4.69, 9.17) is 15.0 Å². The highest BCUT2D eigenvalue weighted by Gasteiger charge is 2.23. The molecule has 1 fully saturated rings. The van der Waals surface area contributed by atoms with E-state index in [1.807, 2.05) is 0 Å². The third-order valence-electron chi connectivity index (χ3n) is 3.22. The molecular weight excluding hydrogens is 246 g/mol. The second-order valence-corrected chi connectivity index (χ2v) is 5.11. The number of rotatable bonds is 3. The fraction of sp³-hybridized carbons (Fsp3) is 0.615. The number of aryl methyl sites for hydroxylation is 1. The number of hydrazine groups is 1. The molecule has 0 radical (unpaired) electrons. The van der Waals surface area contributed by atoms with Crippen molar-refractivity contribution in [1.82, 2.24) is 10.3 Å². The van der Waals surface area contributed by atoms with E-state index in [-0.39, 0.29) is 18.1 Å². The summed E-state index contributed by atoms with van der Waals surface area (Å²) in [7, 11) is 0. The summed E-state index contributed by atoms with van der Waals surface area (Å²) in [5, 5.41) is 0. The molecule has 1 aliphatic heterocycles. The minimum Gasteiger partial charge on any atom is -0.464 e. The third-order valence-corrected chi connectivity index (χ3v) is 3.22. The summed E-state index contributed by atoms with van der Waals surface area (Å²) in [5.74, 6) is 6.18. The molecule has 0 spiro atoms. The average molecular weight is 267 g/mol. The van der Waals surface area contributed by atoms with Crippen LogP contribution in [0.1, 0.15) is 35.7 Å². The number of ether oxygens (including phenoxy) is 1. The summed E-state index contributed by atoms with van der Waals surface area (Å²) in [6, 6.07) is 1.75. The van der Waals surface area contributed by atoms with E-state index >= 15 is 0 Å². The van der Waals surface area contributed by atoms with Crippen LogP contribution >= 0.6 is 0 Å². The quantitative estimate of drug-likeness (QED) is 0.481. The SMILES string of the molecule is Cc1oc(CN2CC(C)OC(C)C2)cc1C(=O)NN. The highest BCUT2D eigenvalue weighted by atomic mass is 16.5. The Bertz CT molecular complexity index is 448. The van der Waals surface area contributed by atoms with Gasteiger partial charge in [-0.25, -0.2) is 5.84 Å². The lowest BCUT2D eigenvalue weighted by molar-refractivity contribution is -0.0718. The molecule has 2 atom stereocenters. The van der Waals surface area contributed by atoms with Gasteiger partial charge in [0.25, 0.3) is 5.91 Å². The van der Waals surface area contributed by atoms with Gasteiger partial charge in [0, 0.05) is 13.1 Å². The molecule has 3 N–H and O–H groups in total. The van der Waals surface area contributed by atoms with Gasteiger partial charge in [-0.05, 0) is 26.8 Å². The van der Waals surface area contributed by atoms with E-state index in [9.17, 15) is 4.79 Å². The number of furan rings is 1. The normalized spacial score (nSPS) is 24.4. The van der Waals surface area contributed by atoms with Gasteiger partial charge in [0.1, 0.15) is 11.5 Å². The minimum atomic E-state index is -0.323. The largest absolute Gasteiger partial charge is 0.464 e. The van der Waals surface area contributed by atoms with Gasteiger partial charge in [-0.2, -0.15) is 0 Å². The van der Waals surface area contributed by atoms with Gasteiger partial charge in [0.05, 0.1) is 24.3 Å². The number of nitrogens with two attached hydrogens (primary N) is 1. The van der Waals surface area contributed by atoms with Crippen molar-refractivity contribution in [2.24, 2.45) is 5.84 Å². The van der Waals surface area contributed by atoms with Crippen molar-refractivity contribution in [2.45, 2.75) is 39.5 Å². The molecule has 1 aromatic rings. The monoisotopic (exact) mass is 267 g/mol. The zero-order valence-corrected chi connectivity index (χ0v) is 11.6. The van der Waals surface area contributed by atoms with Gasteiger partial charge in [0.2, 0.25) is 0 Å². The number of nitrogens with one attached hydrogen (secondary N) is 1. The molecular formula is C13H21N3O3. The van der Waals surface area contributed by atoms with E-state index in [2.05, 4.69) is 24.2 Å². The van der Waals surface area contributed by atoms with Crippen LogP contribution in [0.5, 0.6) is 0 Å². The van der Waals surface area contributed by atoms with Crippen molar-refractivity contribution in [1.29, 1.82) is 0 Å². The zero-order chi connectivity index (χ0) is 14.0. The van der Waals surface area contributed by atoms with Gasteiger partial charge < -0.3 is 9.15 Å². The zero-order valence-electron chi connectivity index (χ0n) is 11.6. The van der Waals surface area contributed by atoms with Gasteiger partial charge >= 0.3 is 0 Å². The Morgan fingerprint density at radius 1 is 1.47 bits per heavy atom. The summed E-state index contributed by atoms with van der Waals surface area (Å²) in [4.78, 5) is 13.8. The summed E-state index contributed by atoms with van der Waals surface area (Å²) in [6.07, 6.45) is 0.429. The van der Waals surface area contributed by atoms with Gasteiger partial charge in [0.15, 0.2) is 0 Å². The van der Waals surface area contributed by atoms with Crippen LogP contribution in [-0.2, 0) is 11.3 Å². The third kappa shape index (κ3) is 3.34. The molecule has 0 bridgehead atoms. The average Bonchev–Trinajstić information content (AvgIpc) is 2.68. The predicted molar refractivity (Wildman–Crippen MR) is 70.4 cm³/mol. The van der Waals surface area contributed by atoms with E-state index in [0.717, 1.165) is 18.8 Å². The van der Waals surface area contributed by atoms with Gasteiger partial charge in [-0.3, -0.25) is 15.1 Å². The summed E-state index contributed by atoms with van der Waals surface area (Å²) in [6.45, 7) is 8.28. The lowest BCUT2D eigenvalue weighted by Gasteiger charge is -2.34. The Balaban J connectivity index is 2.05. The smallest absolute Gasteiger partial charge is 0.268 e. The van der Waals surface area contributed by atoms with Crippen LogP contribution in [0, 0.1) is 6.92 Å². The Hall–Kier alpha value is -1.37. The van der Waals surface area contributed by atoms with E-state index < -0.39 is 0 Å². The maximum Gasteiger partial charge on any atom is 0.268 e. The van der Waals surface area contributed by atoms with E-state index in [1.165, 1.54) is 0 Å². The Kier molecular flexibility index (Phi) is 4.24. The Morgan fingerprint density at radius 3 is 2.68 bits per heavy atom. The first-order valence-electron chi connectivity index (χ1n) is 6.47. The molecule has 0 saturated carbocycles. The van der Waals surface area contributed by atoms with Gasteiger partial charge in [-0.15, -0.1) is 0 Å². The number of hydrogen-bond donors (Lipinski definition) is 2. The highest BCUT2D eigenvalue weighted by molar-refractivity contribution is 5.94. The number of carbonyl (C=O) groups is 1. The van der Waals surface area contributed by atoms with E-state index in [1.54, 1.807) is 13.0 Å². The number of amides is 1. The van der Waals surface area contributed by atoms with Crippen LogP contribution in [0.25, 0.3) is 0 Å². The number of nitrogen functional groups attached to an aromatic ring is 1. The Morgan fingerprint density at radius 2 is 2.11 bits per heavy atom. The molecule has 106 valence electrons. The number of morpholine rings is 1. The van der Waals surface area contributed by atoms with Crippen molar-refractivity contribution >= 4 is 5.91 Å². The molecule has 2 rings (SSSR count). The summed E-state index contributed by atoms with van der Waals surface area (Å²) in [5.41, 5.74) is 2.61. The second kappa shape index (κ2) is 5.73. The lowest BCUT2D eigenvalue weighted by atomic mass is 10.2. The summed E-state index contributed by atoms with van der Waals surface area (Å²) >= 11 is 0. The lowest BCUT2D eigenvalue weighted by Crippen LogP contribution is -2.44. The van der Waals surface area contributed by atoms with Gasteiger partial charge in [-0.1, -0.05) is 0 Å². The maximum absolute atomic E-state index is 11.5. The van der Waals surface area contributed by atoms with Crippen molar-refractivity contribution in [2.75, 3.05) is 13.1 Å².